The molecule has 3 N–H and O–H groups in total. The van der Waals surface area contributed by atoms with Crippen LogP contribution in [-0.4, -0.2) is 26.1 Å². The molecule has 0 unspecified atom stereocenters. The molecule has 0 spiro atoms. The van der Waals surface area contributed by atoms with Gasteiger partial charge in [-0.15, -0.1) is 0 Å². The topological polar surface area (TPSA) is 64.3 Å². The molecule has 0 saturated heterocycles. The molecule has 0 heterocycles. The second-order valence-electron chi connectivity index (χ2n) is 3.08. The van der Waals surface area contributed by atoms with Gasteiger partial charge >= 0.3 is 0 Å². The number of nitrogens with one attached hydrogen (secondary N) is 1. The lowest BCUT2D eigenvalue weighted by molar-refractivity contribution is 0.0951. The Morgan fingerprint density at radius 3 is 2.87 bits per heavy atom. The van der Waals surface area contributed by atoms with Gasteiger partial charge < -0.3 is 15.8 Å². The van der Waals surface area contributed by atoms with Crippen molar-refractivity contribution in [1.82, 2.24) is 5.32 Å². The molecule has 0 saturated carbocycles. The van der Waals surface area contributed by atoms with Crippen LogP contribution in [0.25, 0.3) is 0 Å². The van der Waals surface area contributed by atoms with Gasteiger partial charge in [0.25, 0.3) is 5.91 Å². The summed E-state index contributed by atoms with van der Waals surface area (Å²) in [5.41, 5.74) is 6.84. The lowest BCUT2D eigenvalue weighted by Crippen LogP contribution is -2.20. The van der Waals surface area contributed by atoms with Crippen LogP contribution in [0, 0.1) is 0 Å². The van der Waals surface area contributed by atoms with Gasteiger partial charge in [0.05, 0.1) is 13.2 Å². The number of hydrogen-bond acceptors (Lipinski definition) is 3. The van der Waals surface area contributed by atoms with Crippen LogP contribution in [0.3, 0.4) is 0 Å². The molecule has 1 aromatic carbocycles. The first-order valence-electron chi connectivity index (χ1n) is 4.87. The Morgan fingerprint density at radius 2 is 2.20 bits per heavy atom. The summed E-state index contributed by atoms with van der Waals surface area (Å²) in [6.07, 6.45) is 0. The van der Waals surface area contributed by atoms with Crippen LogP contribution < -0.4 is 11.1 Å². The van der Waals surface area contributed by atoms with E-state index in [9.17, 15) is 4.79 Å². The van der Waals surface area contributed by atoms with Gasteiger partial charge in [0.2, 0.25) is 0 Å². The van der Waals surface area contributed by atoms with Gasteiger partial charge in [-0.25, -0.2) is 0 Å². The maximum atomic E-state index is 11.5. The zero-order valence-corrected chi connectivity index (χ0v) is 8.82. The number of carbonyl (C=O) groups is 1. The fourth-order valence-corrected chi connectivity index (χ4v) is 1.27. The van der Waals surface area contributed by atoms with Crippen LogP contribution in [0.1, 0.15) is 15.9 Å². The summed E-state index contributed by atoms with van der Waals surface area (Å²) < 4.78 is 5.30. The van der Waals surface area contributed by atoms with Crippen LogP contribution in [0.15, 0.2) is 24.3 Å². The second kappa shape index (κ2) is 6.16. The highest BCUT2D eigenvalue weighted by Crippen LogP contribution is 2.09. The third kappa shape index (κ3) is 3.34. The zero-order chi connectivity index (χ0) is 11.1. The van der Waals surface area contributed by atoms with Gasteiger partial charge in [0.1, 0.15) is 0 Å². The fourth-order valence-electron chi connectivity index (χ4n) is 1.27. The smallest absolute Gasteiger partial charge is 0.251 e. The standard InChI is InChI=1S/C11H16N2O2/c1-13-11(14)10-5-3-2-4-9(10)8-15-7-6-12/h2-5H,6-8,12H2,1H3,(H,13,14). The molecule has 0 radical (unpaired) electrons. The Morgan fingerprint density at radius 1 is 1.47 bits per heavy atom. The van der Waals surface area contributed by atoms with E-state index in [4.69, 9.17) is 10.5 Å². The van der Waals surface area contributed by atoms with Crippen molar-refractivity contribution in [2.45, 2.75) is 6.61 Å². The minimum Gasteiger partial charge on any atom is -0.375 e. The lowest BCUT2D eigenvalue weighted by Gasteiger charge is -2.08. The van der Waals surface area contributed by atoms with E-state index in [1.54, 1.807) is 13.1 Å². The quantitative estimate of drug-likeness (QED) is 0.693. The summed E-state index contributed by atoms with van der Waals surface area (Å²) in [4.78, 5) is 11.5. The average molecular weight is 208 g/mol. The van der Waals surface area contributed by atoms with E-state index in [-0.39, 0.29) is 5.91 Å². The molecule has 4 nitrogen and oxygen atoms in total. The third-order valence-electron chi connectivity index (χ3n) is 2.01. The van der Waals surface area contributed by atoms with Gasteiger partial charge in [-0.1, -0.05) is 18.2 Å². The maximum absolute atomic E-state index is 11.5. The molecule has 82 valence electrons. The predicted molar refractivity (Wildman–Crippen MR) is 58.5 cm³/mol. The van der Waals surface area contributed by atoms with E-state index < -0.39 is 0 Å². The van der Waals surface area contributed by atoms with Gasteiger partial charge in [-0.3, -0.25) is 4.79 Å². The first-order valence-corrected chi connectivity index (χ1v) is 4.87. The molecule has 0 aliphatic carbocycles. The number of hydrogen-bond donors (Lipinski definition) is 2. The van der Waals surface area contributed by atoms with Crippen molar-refractivity contribution in [2.24, 2.45) is 5.73 Å². The highest BCUT2D eigenvalue weighted by atomic mass is 16.5. The van der Waals surface area contributed by atoms with E-state index in [0.717, 1.165) is 5.56 Å². The van der Waals surface area contributed by atoms with E-state index in [1.165, 1.54) is 0 Å². The van der Waals surface area contributed by atoms with Gasteiger partial charge in [0.15, 0.2) is 0 Å². The van der Waals surface area contributed by atoms with Crippen LogP contribution in [0.4, 0.5) is 0 Å². The predicted octanol–water partition coefficient (Wildman–Crippen LogP) is 0.521. The van der Waals surface area contributed by atoms with Crippen molar-refractivity contribution in [2.75, 3.05) is 20.2 Å². The van der Waals surface area contributed by atoms with E-state index in [0.29, 0.717) is 25.3 Å². The molecule has 0 aliphatic heterocycles. The zero-order valence-electron chi connectivity index (χ0n) is 8.82. The van der Waals surface area contributed by atoms with Crippen LogP contribution in [-0.2, 0) is 11.3 Å². The normalized spacial score (nSPS) is 10.0. The summed E-state index contributed by atoms with van der Waals surface area (Å²) in [5, 5.41) is 2.59. The van der Waals surface area contributed by atoms with Crippen LogP contribution in [0.5, 0.6) is 0 Å². The Labute approximate surface area is 89.4 Å². The Kier molecular flexibility index (Phi) is 4.80. The Bertz CT molecular complexity index is 326. The van der Waals surface area contributed by atoms with Gasteiger partial charge in [-0.05, 0) is 11.6 Å². The summed E-state index contributed by atoms with van der Waals surface area (Å²) >= 11 is 0. The molecule has 1 amide bonds. The van der Waals surface area contributed by atoms with Crippen molar-refractivity contribution in [3.8, 4) is 0 Å². The number of amides is 1. The first-order chi connectivity index (χ1) is 7.29. The van der Waals surface area contributed by atoms with Crippen molar-refractivity contribution in [3.63, 3.8) is 0 Å². The summed E-state index contributed by atoms with van der Waals surface area (Å²) in [7, 11) is 1.61. The molecule has 0 aromatic heterocycles. The average Bonchev–Trinajstić information content (AvgIpc) is 2.29. The number of benzene rings is 1. The SMILES string of the molecule is CNC(=O)c1ccccc1COCCN. The van der Waals surface area contributed by atoms with Crippen molar-refractivity contribution in [3.05, 3.63) is 35.4 Å². The van der Waals surface area contributed by atoms with E-state index >= 15 is 0 Å². The molecule has 1 aromatic rings. The monoisotopic (exact) mass is 208 g/mol. The highest BCUT2D eigenvalue weighted by Gasteiger charge is 2.08. The largest absolute Gasteiger partial charge is 0.375 e. The highest BCUT2D eigenvalue weighted by molar-refractivity contribution is 5.95. The summed E-state index contributed by atoms with van der Waals surface area (Å²) in [6, 6.07) is 7.37. The number of ether oxygens (including phenoxy) is 1. The van der Waals surface area contributed by atoms with Crippen molar-refractivity contribution < 1.29 is 9.53 Å². The third-order valence-corrected chi connectivity index (χ3v) is 2.01. The molecule has 4 heteroatoms. The number of rotatable bonds is 5. The molecular formula is C11H16N2O2. The van der Waals surface area contributed by atoms with Crippen LogP contribution >= 0.6 is 0 Å². The molecule has 1 rings (SSSR count). The molecule has 15 heavy (non-hydrogen) atoms. The Balaban J connectivity index is 2.73. The first kappa shape index (κ1) is 11.7. The summed E-state index contributed by atoms with van der Waals surface area (Å²) in [5.74, 6) is -0.0954. The van der Waals surface area contributed by atoms with Gasteiger partial charge in [-0.2, -0.15) is 0 Å². The van der Waals surface area contributed by atoms with Gasteiger partial charge in [0, 0.05) is 19.2 Å². The minimum atomic E-state index is -0.0954. The van der Waals surface area contributed by atoms with Crippen molar-refractivity contribution >= 4 is 5.91 Å². The maximum Gasteiger partial charge on any atom is 0.251 e. The number of nitrogens with two attached hydrogens (primary N) is 1. The fraction of sp³-hybridized carbons (Fsp3) is 0.364. The molecule has 0 aliphatic rings. The lowest BCUT2D eigenvalue weighted by atomic mass is 10.1. The Hall–Kier alpha value is -1.39. The molecular weight excluding hydrogens is 192 g/mol. The van der Waals surface area contributed by atoms with Crippen LogP contribution in [0.2, 0.25) is 0 Å². The molecule has 0 bridgehead atoms. The van der Waals surface area contributed by atoms with Crippen molar-refractivity contribution in [1.29, 1.82) is 0 Å². The minimum absolute atomic E-state index is 0.0954. The molecule has 0 atom stereocenters. The number of carbonyl (C=O) groups excluding carboxylic acids is 1. The molecule has 0 fully saturated rings. The second-order valence-corrected chi connectivity index (χ2v) is 3.08. The van der Waals surface area contributed by atoms with E-state index in [2.05, 4.69) is 5.32 Å². The van der Waals surface area contributed by atoms with E-state index in [1.807, 2.05) is 18.2 Å². The summed E-state index contributed by atoms with van der Waals surface area (Å²) in [6.45, 7) is 1.41.